The SMILES string of the molecule is O=C([O-])CC(O)CSCc1ccccc1. The van der Waals surface area contributed by atoms with E-state index in [1.807, 2.05) is 30.3 Å². The lowest BCUT2D eigenvalue weighted by Crippen LogP contribution is -2.28. The zero-order valence-corrected chi connectivity index (χ0v) is 9.07. The quantitative estimate of drug-likeness (QED) is 0.762. The number of aliphatic hydroxyl groups is 1. The normalized spacial score (nSPS) is 12.3. The molecular weight excluding hydrogens is 212 g/mol. The number of aliphatic hydroxyl groups excluding tert-OH is 1. The van der Waals surface area contributed by atoms with E-state index in [9.17, 15) is 15.0 Å². The molecule has 4 heteroatoms. The molecule has 0 bridgehead atoms. The van der Waals surface area contributed by atoms with E-state index in [4.69, 9.17) is 0 Å². The average molecular weight is 225 g/mol. The first kappa shape index (κ1) is 12.1. The van der Waals surface area contributed by atoms with Crippen molar-refractivity contribution in [3.05, 3.63) is 35.9 Å². The van der Waals surface area contributed by atoms with E-state index in [2.05, 4.69) is 0 Å². The van der Waals surface area contributed by atoms with Crippen molar-refractivity contribution in [1.29, 1.82) is 0 Å². The molecule has 0 saturated carbocycles. The van der Waals surface area contributed by atoms with Crippen molar-refractivity contribution in [1.82, 2.24) is 0 Å². The molecule has 1 rings (SSSR count). The summed E-state index contributed by atoms with van der Waals surface area (Å²) in [5, 5.41) is 19.4. The first-order valence-electron chi connectivity index (χ1n) is 4.68. The molecule has 0 heterocycles. The molecule has 1 N–H and O–H groups in total. The molecule has 0 aliphatic heterocycles. The summed E-state index contributed by atoms with van der Waals surface area (Å²) in [4.78, 5) is 10.2. The minimum atomic E-state index is -1.21. The van der Waals surface area contributed by atoms with Crippen molar-refractivity contribution in [2.24, 2.45) is 0 Å². The summed E-state index contributed by atoms with van der Waals surface area (Å²) in [5.41, 5.74) is 1.17. The fraction of sp³-hybridized carbons (Fsp3) is 0.364. The molecule has 0 amide bonds. The summed E-state index contributed by atoms with van der Waals surface area (Å²) in [6, 6.07) is 9.84. The Balaban J connectivity index is 2.19. The van der Waals surface area contributed by atoms with Crippen LogP contribution in [0.15, 0.2) is 30.3 Å². The van der Waals surface area contributed by atoms with E-state index in [-0.39, 0.29) is 6.42 Å². The lowest BCUT2D eigenvalue weighted by atomic mass is 10.2. The van der Waals surface area contributed by atoms with E-state index in [0.29, 0.717) is 5.75 Å². The van der Waals surface area contributed by atoms with Crippen LogP contribution in [0.2, 0.25) is 0 Å². The predicted octanol–water partition coefficient (Wildman–Crippen LogP) is 0.421. The highest BCUT2D eigenvalue weighted by Crippen LogP contribution is 2.13. The Morgan fingerprint density at radius 3 is 2.67 bits per heavy atom. The van der Waals surface area contributed by atoms with E-state index in [0.717, 1.165) is 5.75 Å². The Bertz CT molecular complexity index is 300. The highest BCUT2D eigenvalue weighted by molar-refractivity contribution is 7.98. The number of carboxylic acid groups (broad SMARTS) is 1. The van der Waals surface area contributed by atoms with Gasteiger partial charge in [0.05, 0.1) is 6.10 Å². The van der Waals surface area contributed by atoms with Crippen LogP contribution in [-0.4, -0.2) is 22.9 Å². The molecule has 0 fully saturated rings. The van der Waals surface area contributed by atoms with E-state index < -0.39 is 12.1 Å². The van der Waals surface area contributed by atoms with Gasteiger partial charge in [0, 0.05) is 23.9 Å². The molecule has 82 valence electrons. The van der Waals surface area contributed by atoms with Gasteiger partial charge in [-0.15, -0.1) is 0 Å². The van der Waals surface area contributed by atoms with E-state index in [1.165, 1.54) is 17.3 Å². The lowest BCUT2D eigenvalue weighted by molar-refractivity contribution is -0.307. The van der Waals surface area contributed by atoms with E-state index in [1.54, 1.807) is 0 Å². The van der Waals surface area contributed by atoms with Crippen LogP contribution in [0, 0.1) is 0 Å². The fourth-order valence-corrected chi connectivity index (χ4v) is 2.07. The highest BCUT2D eigenvalue weighted by atomic mass is 32.2. The third-order valence-electron chi connectivity index (χ3n) is 1.82. The number of hydrogen-bond donors (Lipinski definition) is 1. The summed E-state index contributed by atoms with van der Waals surface area (Å²) < 4.78 is 0. The highest BCUT2D eigenvalue weighted by Gasteiger charge is 2.04. The van der Waals surface area contributed by atoms with Crippen LogP contribution >= 0.6 is 11.8 Å². The Morgan fingerprint density at radius 1 is 1.40 bits per heavy atom. The topological polar surface area (TPSA) is 60.4 Å². The summed E-state index contributed by atoms with van der Waals surface area (Å²) in [5.74, 6) is -0.00353. The number of carbonyl (C=O) groups excluding carboxylic acids is 1. The van der Waals surface area contributed by atoms with Crippen molar-refractivity contribution >= 4 is 17.7 Å². The third-order valence-corrected chi connectivity index (χ3v) is 2.98. The van der Waals surface area contributed by atoms with Gasteiger partial charge in [-0.3, -0.25) is 0 Å². The zero-order valence-electron chi connectivity index (χ0n) is 8.26. The molecule has 0 radical (unpaired) electrons. The summed E-state index contributed by atoms with van der Waals surface area (Å²) in [6.45, 7) is 0. The molecule has 0 aromatic heterocycles. The first-order chi connectivity index (χ1) is 7.18. The standard InChI is InChI=1S/C11H14O3S/c12-10(6-11(13)14)8-15-7-9-4-2-1-3-5-9/h1-5,10,12H,6-8H2,(H,13,14)/p-1. The molecule has 3 nitrogen and oxygen atoms in total. The van der Waals surface area contributed by atoms with Gasteiger partial charge in [-0.05, 0) is 5.56 Å². The molecule has 0 aliphatic carbocycles. The Hall–Kier alpha value is -1.00. The van der Waals surface area contributed by atoms with Crippen molar-refractivity contribution in [2.75, 3.05) is 5.75 Å². The summed E-state index contributed by atoms with van der Waals surface area (Å²) in [6.07, 6.45) is -1.11. The zero-order chi connectivity index (χ0) is 11.1. The Labute approximate surface area is 93.1 Å². The van der Waals surface area contributed by atoms with Gasteiger partial charge in [-0.1, -0.05) is 30.3 Å². The number of carbonyl (C=O) groups is 1. The summed E-state index contributed by atoms with van der Waals surface area (Å²) >= 11 is 1.52. The van der Waals surface area contributed by atoms with Crippen LogP contribution in [0.25, 0.3) is 0 Å². The smallest absolute Gasteiger partial charge is 0.0682 e. The first-order valence-corrected chi connectivity index (χ1v) is 5.83. The van der Waals surface area contributed by atoms with Crippen LogP contribution in [0.4, 0.5) is 0 Å². The van der Waals surface area contributed by atoms with Crippen molar-refractivity contribution in [3.8, 4) is 0 Å². The minimum Gasteiger partial charge on any atom is -0.550 e. The van der Waals surface area contributed by atoms with E-state index >= 15 is 0 Å². The van der Waals surface area contributed by atoms with Crippen LogP contribution in [0.1, 0.15) is 12.0 Å². The summed E-state index contributed by atoms with van der Waals surface area (Å²) in [7, 11) is 0. The lowest BCUT2D eigenvalue weighted by Gasteiger charge is -2.10. The number of carboxylic acids is 1. The van der Waals surface area contributed by atoms with Gasteiger partial charge >= 0.3 is 0 Å². The molecule has 1 aromatic rings. The molecule has 1 atom stereocenters. The maximum absolute atomic E-state index is 10.2. The van der Waals surface area contributed by atoms with Gasteiger partial charge in [0.15, 0.2) is 0 Å². The van der Waals surface area contributed by atoms with Crippen molar-refractivity contribution < 1.29 is 15.0 Å². The maximum Gasteiger partial charge on any atom is 0.0682 e. The monoisotopic (exact) mass is 225 g/mol. The third kappa shape index (κ3) is 5.44. The maximum atomic E-state index is 10.2. The van der Waals surface area contributed by atoms with Gasteiger partial charge in [-0.2, -0.15) is 11.8 Å². The molecule has 0 spiro atoms. The van der Waals surface area contributed by atoms with Gasteiger partial charge in [-0.25, -0.2) is 0 Å². The fourth-order valence-electron chi connectivity index (χ4n) is 1.14. The van der Waals surface area contributed by atoms with Crippen molar-refractivity contribution in [3.63, 3.8) is 0 Å². The van der Waals surface area contributed by atoms with Crippen LogP contribution in [0.5, 0.6) is 0 Å². The van der Waals surface area contributed by atoms with Crippen LogP contribution in [-0.2, 0) is 10.5 Å². The largest absolute Gasteiger partial charge is 0.550 e. The van der Waals surface area contributed by atoms with Gasteiger partial charge in [0.25, 0.3) is 0 Å². The second-order valence-electron chi connectivity index (χ2n) is 3.23. The van der Waals surface area contributed by atoms with Crippen LogP contribution in [0.3, 0.4) is 0 Å². The van der Waals surface area contributed by atoms with Crippen molar-refractivity contribution in [2.45, 2.75) is 18.3 Å². The number of thioether (sulfide) groups is 1. The number of aliphatic carboxylic acids is 1. The van der Waals surface area contributed by atoms with Gasteiger partial charge in [0.1, 0.15) is 0 Å². The second-order valence-corrected chi connectivity index (χ2v) is 4.26. The predicted molar refractivity (Wildman–Crippen MR) is 58.2 cm³/mol. The Kier molecular flexibility index (Phi) is 5.21. The molecule has 15 heavy (non-hydrogen) atoms. The molecule has 1 aromatic carbocycles. The van der Waals surface area contributed by atoms with Crippen LogP contribution < -0.4 is 5.11 Å². The molecular formula is C11H13O3S-. The Morgan fingerprint density at radius 2 is 2.07 bits per heavy atom. The minimum absolute atomic E-state index is 0.290. The number of rotatable bonds is 6. The number of hydrogen-bond acceptors (Lipinski definition) is 4. The number of benzene rings is 1. The average Bonchev–Trinajstić information content (AvgIpc) is 2.18. The molecule has 0 aliphatic rings. The van der Waals surface area contributed by atoms with Gasteiger partial charge < -0.3 is 15.0 Å². The van der Waals surface area contributed by atoms with Gasteiger partial charge in [0.2, 0.25) is 0 Å². The molecule has 1 unspecified atom stereocenters. The second kappa shape index (κ2) is 6.48. The molecule has 0 saturated heterocycles.